The van der Waals surface area contributed by atoms with Crippen molar-refractivity contribution in [3.63, 3.8) is 0 Å². The van der Waals surface area contributed by atoms with E-state index in [9.17, 15) is 14.7 Å². The highest BCUT2D eigenvalue weighted by Gasteiger charge is 2.49. The van der Waals surface area contributed by atoms with Gasteiger partial charge in [0, 0.05) is 11.1 Å². The molecule has 1 saturated heterocycles. The highest BCUT2D eigenvalue weighted by atomic mass is 32.1. The van der Waals surface area contributed by atoms with Crippen LogP contribution in [-0.2, 0) is 9.59 Å². The van der Waals surface area contributed by atoms with E-state index in [0.717, 1.165) is 26.9 Å². The number of aliphatic hydroxyl groups is 1. The molecule has 1 aliphatic heterocycles. The van der Waals surface area contributed by atoms with Gasteiger partial charge in [-0.3, -0.25) is 14.5 Å². The molecule has 8 nitrogen and oxygen atoms in total. The molecule has 0 radical (unpaired) electrons. The van der Waals surface area contributed by atoms with Gasteiger partial charge in [0.15, 0.2) is 5.13 Å². The first-order chi connectivity index (χ1) is 18.7. The molecule has 1 aromatic heterocycles. The van der Waals surface area contributed by atoms with Crippen molar-refractivity contribution in [1.82, 2.24) is 4.98 Å². The Kier molecular flexibility index (Phi) is 6.78. The molecule has 0 saturated carbocycles. The fraction of sp³-hybridized carbons (Fsp3) is 0.233. The number of benzene rings is 3. The van der Waals surface area contributed by atoms with E-state index < -0.39 is 17.7 Å². The van der Waals surface area contributed by atoms with E-state index in [-0.39, 0.29) is 11.3 Å². The zero-order chi connectivity index (χ0) is 28.0. The molecule has 4 aromatic rings. The van der Waals surface area contributed by atoms with Crippen molar-refractivity contribution in [3.05, 3.63) is 81.9 Å². The standard InChI is InChI=1S/C30H28N2O6S/c1-15-11-17(3)25-23(12-15)39-30(31-25)32-26(20-14-19(36-4)8-10-22(20)38-6)24(28(34)29(32)35)27(33)18-7-9-21(37-5)16(2)13-18/h7-14,26,33H,1-6H3/b27-24+/t26-/m1/s1. The SMILES string of the molecule is COc1ccc(OC)c([C@@H]2/C(=C(\O)c3ccc(OC)c(C)c3)C(=O)C(=O)N2c2nc3c(C)cc(C)cc3s2)c1. The van der Waals surface area contributed by atoms with Crippen LogP contribution in [0.2, 0.25) is 0 Å². The number of Topliss-reactive ketones (excluding diaryl/α,β-unsaturated/α-hetero) is 1. The molecule has 1 atom stereocenters. The van der Waals surface area contributed by atoms with E-state index in [1.54, 1.807) is 43.5 Å². The average molecular weight is 545 g/mol. The Morgan fingerprint density at radius 3 is 2.28 bits per heavy atom. The highest BCUT2D eigenvalue weighted by molar-refractivity contribution is 7.22. The monoisotopic (exact) mass is 544 g/mol. The number of hydrogen-bond acceptors (Lipinski definition) is 8. The van der Waals surface area contributed by atoms with Gasteiger partial charge in [-0.05, 0) is 79.9 Å². The first-order valence-corrected chi connectivity index (χ1v) is 13.1. The van der Waals surface area contributed by atoms with Gasteiger partial charge in [0.05, 0.1) is 37.1 Å². The number of methoxy groups -OCH3 is 3. The van der Waals surface area contributed by atoms with Gasteiger partial charge in [-0.2, -0.15) is 0 Å². The Bertz CT molecular complexity index is 1670. The summed E-state index contributed by atoms with van der Waals surface area (Å²) in [6.07, 6.45) is 0. The third kappa shape index (κ3) is 4.38. The van der Waals surface area contributed by atoms with Crippen molar-refractivity contribution in [2.45, 2.75) is 26.8 Å². The fourth-order valence-corrected chi connectivity index (χ4v) is 6.19. The Morgan fingerprint density at radius 2 is 1.62 bits per heavy atom. The number of thiazole rings is 1. The molecule has 3 aromatic carbocycles. The highest BCUT2D eigenvalue weighted by Crippen LogP contribution is 2.47. The lowest BCUT2D eigenvalue weighted by atomic mass is 9.94. The minimum Gasteiger partial charge on any atom is -0.507 e. The second kappa shape index (κ2) is 10.1. The van der Waals surface area contributed by atoms with Crippen molar-refractivity contribution in [3.8, 4) is 17.2 Å². The quantitative estimate of drug-likeness (QED) is 0.184. The third-order valence-electron chi connectivity index (χ3n) is 6.87. The van der Waals surface area contributed by atoms with Crippen LogP contribution >= 0.6 is 11.3 Å². The van der Waals surface area contributed by atoms with Gasteiger partial charge >= 0.3 is 5.91 Å². The first-order valence-electron chi connectivity index (χ1n) is 12.2. The predicted molar refractivity (Wildman–Crippen MR) is 151 cm³/mol. The predicted octanol–water partition coefficient (Wildman–Crippen LogP) is 5.87. The number of carbonyl (C=O) groups excluding carboxylic acids is 2. The van der Waals surface area contributed by atoms with Crippen LogP contribution in [0.25, 0.3) is 16.0 Å². The number of nitrogens with zero attached hydrogens (tertiary/aromatic N) is 2. The van der Waals surface area contributed by atoms with E-state index >= 15 is 0 Å². The number of aryl methyl sites for hydroxylation is 3. The molecule has 0 unspecified atom stereocenters. The normalized spacial score (nSPS) is 16.7. The smallest absolute Gasteiger partial charge is 0.301 e. The van der Waals surface area contributed by atoms with Crippen molar-refractivity contribution in [2.24, 2.45) is 0 Å². The van der Waals surface area contributed by atoms with E-state index in [2.05, 4.69) is 0 Å². The van der Waals surface area contributed by atoms with Crippen LogP contribution in [0, 0.1) is 20.8 Å². The van der Waals surface area contributed by atoms with Crippen LogP contribution in [0.3, 0.4) is 0 Å². The molecule has 5 rings (SSSR count). The number of aliphatic hydroxyl groups excluding tert-OH is 1. The Labute approximate surface area is 230 Å². The van der Waals surface area contributed by atoms with E-state index in [1.807, 2.05) is 32.9 Å². The van der Waals surface area contributed by atoms with E-state index in [1.165, 1.54) is 30.5 Å². The molecule has 200 valence electrons. The number of anilines is 1. The number of ketones is 1. The van der Waals surface area contributed by atoms with Crippen molar-refractivity contribution in [1.29, 1.82) is 0 Å². The van der Waals surface area contributed by atoms with Gasteiger partial charge in [0.2, 0.25) is 0 Å². The summed E-state index contributed by atoms with van der Waals surface area (Å²) in [6, 6.07) is 13.2. The molecule has 1 N–H and O–H groups in total. The molecule has 0 spiro atoms. The largest absolute Gasteiger partial charge is 0.507 e. The van der Waals surface area contributed by atoms with Crippen molar-refractivity contribution in [2.75, 3.05) is 26.2 Å². The Hall–Kier alpha value is -4.37. The molecule has 1 amide bonds. The van der Waals surface area contributed by atoms with Crippen LogP contribution < -0.4 is 19.1 Å². The molecule has 39 heavy (non-hydrogen) atoms. The van der Waals surface area contributed by atoms with Crippen LogP contribution in [0.1, 0.15) is 33.9 Å². The lowest BCUT2D eigenvalue weighted by Gasteiger charge is -2.25. The number of carbonyl (C=O) groups is 2. The fourth-order valence-electron chi connectivity index (χ4n) is 5.02. The number of aromatic nitrogens is 1. The molecule has 1 aliphatic rings. The topological polar surface area (TPSA) is 98.2 Å². The number of hydrogen-bond donors (Lipinski definition) is 1. The molecule has 1 fully saturated rings. The zero-order valence-corrected chi connectivity index (χ0v) is 23.3. The molecule has 9 heteroatoms. The summed E-state index contributed by atoms with van der Waals surface area (Å²) in [6.45, 7) is 5.79. The van der Waals surface area contributed by atoms with E-state index in [0.29, 0.717) is 33.5 Å². The Balaban J connectivity index is 1.79. The number of rotatable bonds is 6. The summed E-state index contributed by atoms with van der Waals surface area (Å²) in [5, 5.41) is 11.9. The number of fused-ring (bicyclic) bond motifs is 1. The number of amides is 1. The maximum atomic E-state index is 13.7. The minimum atomic E-state index is -1.01. The molecule has 2 heterocycles. The van der Waals surface area contributed by atoms with Gasteiger partial charge in [0.1, 0.15) is 29.0 Å². The van der Waals surface area contributed by atoms with Crippen LogP contribution in [0.15, 0.2) is 54.1 Å². The van der Waals surface area contributed by atoms with Crippen LogP contribution in [0.4, 0.5) is 5.13 Å². The summed E-state index contributed by atoms with van der Waals surface area (Å²) < 4.78 is 17.3. The average Bonchev–Trinajstić information content (AvgIpc) is 3.46. The summed E-state index contributed by atoms with van der Waals surface area (Å²) in [7, 11) is 4.60. The van der Waals surface area contributed by atoms with Gasteiger partial charge < -0.3 is 19.3 Å². The van der Waals surface area contributed by atoms with Gasteiger partial charge in [-0.25, -0.2) is 4.98 Å². The van der Waals surface area contributed by atoms with Gasteiger partial charge in [0.25, 0.3) is 5.78 Å². The maximum absolute atomic E-state index is 13.7. The second-order valence-electron chi connectivity index (χ2n) is 9.39. The van der Waals surface area contributed by atoms with Crippen LogP contribution in [0.5, 0.6) is 17.2 Å². The van der Waals surface area contributed by atoms with Gasteiger partial charge in [-0.15, -0.1) is 0 Å². The van der Waals surface area contributed by atoms with Crippen molar-refractivity contribution < 1.29 is 28.9 Å². The first kappa shape index (κ1) is 26.2. The lowest BCUT2D eigenvalue weighted by Crippen LogP contribution is -2.29. The van der Waals surface area contributed by atoms with E-state index in [4.69, 9.17) is 19.2 Å². The molecular formula is C30H28N2O6S. The number of ether oxygens (including phenoxy) is 3. The van der Waals surface area contributed by atoms with Gasteiger partial charge in [-0.1, -0.05) is 17.4 Å². The minimum absolute atomic E-state index is 0.0664. The maximum Gasteiger partial charge on any atom is 0.301 e. The summed E-state index contributed by atoms with van der Waals surface area (Å²) in [4.78, 5) is 33.5. The lowest BCUT2D eigenvalue weighted by molar-refractivity contribution is -0.132. The third-order valence-corrected chi connectivity index (χ3v) is 7.87. The Morgan fingerprint density at radius 1 is 0.897 bits per heavy atom. The molecular weight excluding hydrogens is 516 g/mol. The van der Waals surface area contributed by atoms with Crippen LogP contribution in [-0.4, -0.2) is 43.1 Å². The summed E-state index contributed by atoms with van der Waals surface area (Å²) in [5.74, 6) is -0.332. The second-order valence-corrected chi connectivity index (χ2v) is 10.4. The molecule has 0 aliphatic carbocycles. The molecule has 0 bridgehead atoms. The zero-order valence-electron chi connectivity index (χ0n) is 22.5. The summed E-state index contributed by atoms with van der Waals surface area (Å²) in [5.41, 5.74) is 4.35. The van der Waals surface area contributed by atoms with Crippen molar-refractivity contribution >= 4 is 44.1 Å². The summed E-state index contributed by atoms with van der Waals surface area (Å²) >= 11 is 1.32.